The van der Waals surface area contributed by atoms with Gasteiger partial charge in [-0.15, -0.1) is 22.0 Å². The zero-order valence-electron chi connectivity index (χ0n) is 12.5. The van der Waals surface area contributed by atoms with Crippen molar-refractivity contribution in [1.82, 2.24) is 19.6 Å². The minimum atomic E-state index is -4.58. The standard InChI is InChI=1S/C15H13F3N4OS/c16-15(17,18)14-21-20-12-13(24-8-9-5-6-23-7-9)19-10-3-1-2-4-11(10)22(12)14/h1-4,9H,5-8H2. The molecule has 0 saturated carbocycles. The van der Waals surface area contributed by atoms with Crippen LogP contribution in [0.1, 0.15) is 12.2 Å². The van der Waals surface area contributed by atoms with Gasteiger partial charge in [0.1, 0.15) is 5.03 Å². The third-order valence-electron chi connectivity index (χ3n) is 3.93. The number of rotatable bonds is 3. The average Bonchev–Trinajstić information content (AvgIpc) is 3.21. The number of hydrogen-bond acceptors (Lipinski definition) is 5. The molecule has 1 atom stereocenters. The molecule has 0 amide bonds. The number of hydrogen-bond donors (Lipinski definition) is 0. The highest BCUT2D eigenvalue weighted by Gasteiger charge is 2.38. The van der Waals surface area contributed by atoms with E-state index >= 15 is 0 Å². The van der Waals surface area contributed by atoms with Gasteiger partial charge in [0.05, 0.1) is 17.6 Å². The molecule has 1 aliphatic rings. The van der Waals surface area contributed by atoms with Gasteiger partial charge < -0.3 is 4.74 Å². The molecule has 126 valence electrons. The number of benzene rings is 1. The van der Waals surface area contributed by atoms with Crippen LogP contribution in [0.4, 0.5) is 13.2 Å². The third-order valence-corrected chi connectivity index (χ3v) is 5.12. The monoisotopic (exact) mass is 354 g/mol. The van der Waals surface area contributed by atoms with Crippen LogP contribution in [0.3, 0.4) is 0 Å². The zero-order valence-corrected chi connectivity index (χ0v) is 13.3. The summed E-state index contributed by atoms with van der Waals surface area (Å²) >= 11 is 1.40. The average molecular weight is 354 g/mol. The largest absolute Gasteiger partial charge is 0.452 e. The molecule has 4 rings (SSSR count). The Labute approximate surface area is 139 Å². The molecule has 1 aliphatic heterocycles. The molecule has 9 heteroatoms. The summed E-state index contributed by atoms with van der Waals surface area (Å²) in [6.45, 7) is 1.41. The van der Waals surface area contributed by atoms with Gasteiger partial charge in [0, 0.05) is 12.4 Å². The van der Waals surface area contributed by atoms with E-state index in [1.165, 1.54) is 11.8 Å². The number of alkyl halides is 3. The number of thioether (sulfide) groups is 1. The van der Waals surface area contributed by atoms with E-state index in [1.807, 2.05) is 0 Å². The lowest BCUT2D eigenvalue weighted by Gasteiger charge is -2.11. The maximum atomic E-state index is 13.3. The van der Waals surface area contributed by atoms with Crippen molar-refractivity contribution in [3.63, 3.8) is 0 Å². The molecule has 0 aliphatic carbocycles. The second-order valence-electron chi connectivity index (χ2n) is 5.63. The highest BCUT2D eigenvalue weighted by atomic mass is 32.2. The smallest absolute Gasteiger partial charge is 0.381 e. The van der Waals surface area contributed by atoms with Crippen molar-refractivity contribution in [3.05, 3.63) is 30.1 Å². The Morgan fingerprint density at radius 3 is 2.83 bits per heavy atom. The highest BCUT2D eigenvalue weighted by Crippen LogP contribution is 2.33. The van der Waals surface area contributed by atoms with Crippen LogP contribution in [-0.2, 0) is 10.9 Å². The fraction of sp³-hybridized carbons (Fsp3) is 0.400. The van der Waals surface area contributed by atoms with Crippen molar-refractivity contribution >= 4 is 28.4 Å². The molecule has 0 N–H and O–H groups in total. The van der Waals surface area contributed by atoms with Crippen LogP contribution < -0.4 is 0 Å². The lowest BCUT2D eigenvalue weighted by molar-refractivity contribution is -0.145. The number of nitrogens with zero attached hydrogens (tertiary/aromatic N) is 4. The number of fused-ring (bicyclic) bond motifs is 3. The van der Waals surface area contributed by atoms with Crippen LogP contribution in [0.15, 0.2) is 29.3 Å². The molecule has 1 unspecified atom stereocenters. The van der Waals surface area contributed by atoms with E-state index in [-0.39, 0.29) is 5.65 Å². The highest BCUT2D eigenvalue weighted by molar-refractivity contribution is 7.99. The quantitative estimate of drug-likeness (QED) is 0.675. The van der Waals surface area contributed by atoms with E-state index in [4.69, 9.17) is 4.74 Å². The van der Waals surface area contributed by atoms with E-state index in [0.29, 0.717) is 28.6 Å². The molecule has 0 spiro atoms. The Balaban J connectivity index is 1.84. The molecule has 3 aromatic rings. The Morgan fingerprint density at radius 2 is 2.08 bits per heavy atom. The second kappa shape index (κ2) is 5.89. The third kappa shape index (κ3) is 2.71. The van der Waals surface area contributed by atoms with E-state index in [9.17, 15) is 13.2 Å². The molecule has 24 heavy (non-hydrogen) atoms. The van der Waals surface area contributed by atoms with E-state index in [1.54, 1.807) is 24.3 Å². The van der Waals surface area contributed by atoms with E-state index in [0.717, 1.165) is 23.2 Å². The van der Waals surface area contributed by atoms with Gasteiger partial charge in [-0.1, -0.05) is 12.1 Å². The molecule has 5 nitrogen and oxygen atoms in total. The summed E-state index contributed by atoms with van der Waals surface area (Å²) in [4.78, 5) is 4.49. The first kappa shape index (κ1) is 15.6. The van der Waals surface area contributed by atoms with Gasteiger partial charge in [0.25, 0.3) is 0 Å². The van der Waals surface area contributed by atoms with Gasteiger partial charge >= 0.3 is 6.18 Å². The molecule has 0 bridgehead atoms. The van der Waals surface area contributed by atoms with Crippen LogP contribution in [0, 0.1) is 5.92 Å². The summed E-state index contributed by atoms with van der Waals surface area (Å²) in [7, 11) is 0. The lowest BCUT2D eigenvalue weighted by Crippen LogP contribution is -2.12. The van der Waals surface area contributed by atoms with Gasteiger partial charge in [0.15, 0.2) is 5.65 Å². The number of halogens is 3. The molecule has 2 aromatic heterocycles. The van der Waals surface area contributed by atoms with Gasteiger partial charge in [-0.25, -0.2) is 4.98 Å². The Morgan fingerprint density at radius 1 is 1.25 bits per heavy atom. The summed E-state index contributed by atoms with van der Waals surface area (Å²) in [5, 5.41) is 7.59. The first-order valence-electron chi connectivity index (χ1n) is 7.45. The SMILES string of the molecule is FC(F)(F)c1nnc2c(SCC3CCOC3)nc3ccccc3n12. The van der Waals surface area contributed by atoms with Gasteiger partial charge in [-0.05, 0) is 24.5 Å². The molecule has 0 radical (unpaired) electrons. The maximum absolute atomic E-state index is 13.3. The topological polar surface area (TPSA) is 52.3 Å². The Kier molecular flexibility index (Phi) is 3.84. The van der Waals surface area contributed by atoms with Crippen LogP contribution in [0.2, 0.25) is 0 Å². The van der Waals surface area contributed by atoms with E-state index in [2.05, 4.69) is 15.2 Å². The van der Waals surface area contributed by atoms with Crippen LogP contribution in [0.25, 0.3) is 16.7 Å². The summed E-state index contributed by atoms with van der Waals surface area (Å²) in [5.41, 5.74) is 0.976. The summed E-state index contributed by atoms with van der Waals surface area (Å²) < 4.78 is 46.2. The normalized spacial score (nSPS) is 18.7. The molecular formula is C15H13F3N4OS. The summed E-state index contributed by atoms with van der Waals surface area (Å²) in [5.74, 6) is 0.0883. The van der Waals surface area contributed by atoms with Crippen molar-refractivity contribution in [1.29, 1.82) is 0 Å². The first-order valence-corrected chi connectivity index (χ1v) is 8.44. The first-order chi connectivity index (χ1) is 11.5. The minimum Gasteiger partial charge on any atom is -0.381 e. The lowest BCUT2D eigenvalue weighted by atomic mass is 10.2. The van der Waals surface area contributed by atoms with Crippen molar-refractivity contribution in [2.45, 2.75) is 17.6 Å². The predicted molar refractivity (Wildman–Crippen MR) is 82.9 cm³/mol. The summed E-state index contributed by atoms with van der Waals surface area (Å²) in [6, 6.07) is 6.70. The van der Waals surface area contributed by atoms with Crippen molar-refractivity contribution in [3.8, 4) is 0 Å². The molecule has 1 saturated heterocycles. The second-order valence-corrected chi connectivity index (χ2v) is 6.64. The maximum Gasteiger partial charge on any atom is 0.452 e. The van der Waals surface area contributed by atoms with Gasteiger partial charge in [-0.3, -0.25) is 4.40 Å². The minimum absolute atomic E-state index is 0.143. The molecular weight excluding hydrogens is 341 g/mol. The van der Waals surface area contributed by atoms with Crippen LogP contribution in [0.5, 0.6) is 0 Å². The summed E-state index contributed by atoms with van der Waals surface area (Å²) in [6.07, 6.45) is -3.62. The number of ether oxygens (including phenoxy) is 1. The predicted octanol–water partition coefficient (Wildman–Crippen LogP) is 3.42. The number of para-hydroxylation sites is 2. The van der Waals surface area contributed by atoms with Crippen LogP contribution in [-0.4, -0.2) is 38.5 Å². The molecule has 3 heterocycles. The van der Waals surface area contributed by atoms with E-state index < -0.39 is 12.0 Å². The Hall–Kier alpha value is -1.87. The fourth-order valence-electron chi connectivity index (χ4n) is 2.75. The van der Waals surface area contributed by atoms with Crippen molar-refractivity contribution in [2.75, 3.05) is 19.0 Å². The van der Waals surface area contributed by atoms with Gasteiger partial charge in [-0.2, -0.15) is 13.2 Å². The zero-order chi connectivity index (χ0) is 16.7. The molecule has 1 aromatic carbocycles. The van der Waals surface area contributed by atoms with Crippen molar-refractivity contribution in [2.24, 2.45) is 5.92 Å². The Bertz CT molecular complexity index is 889. The van der Waals surface area contributed by atoms with Gasteiger partial charge in [0.2, 0.25) is 5.82 Å². The molecule has 1 fully saturated rings. The van der Waals surface area contributed by atoms with Crippen LogP contribution >= 0.6 is 11.8 Å². The fourth-order valence-corrected chi connectivity index (χ4v) is 3.83. The van der Waals surface area contributed by atoms with Crippen molar-refractivity contribution < 1.29 is 17.9 Å². The number of aromatic nitrogens is 4.